The molecule has 1 aliphatic heterocycles. The fourth-order valence-corrected chi connectivity index (χ4v) is 2.65. The summed E-state index contributed by atoms with van der Waals surface area (Å²) in [5.74, 6) is 1.43. The van der Waals surface area contributed by atoms with Gasteiger partial charge < -0.3 is 10.6 Å². The lowest BCUT2D eigenvalue weighted by molar-refractivity contribution is -0.146. The zero-order valence-corrected chi connectivity index (χ0v) is 8.54. The lowest BCUT2D eigenvalue weighted by Crippen LogP contribution is -2.70. The molecular formula is C11H18N2O. The molecule has 0 spiro atoms. The Bertz CT molecular complexity index is 262. The van der Waals surface area contributed by atoms with Crippen molar-refractivity contribution in [2.45, 2.75) is 37.6 Å². The Morgan fingerprint density at radius 1 is 1.21 bits per heavy atom. The van der Waals surface area contributed by atoms with Gasteiger partial charge in [0.2, 0.25) is 5.91 Å². The van der Waals surface area contributed by atoms with Crippen LogP contribution in [0.1, 0.15) is 32.1 Å². The second-order valence-corrected chi connectivity index (χ2v) is 5.33. The molecule has 2 saturated carbocycles. The van der Waals surface area contributed by atoms with Crippen LogP contribution in [-0.4, -0.2) is 29.4 Å². The van der Waals surface area contributed by atoms with Gasteiger partial charge in [0.25, 0.3) is 0 Å². The fourth-order valence-electron chi connectivity index (χ4n) is 2.65. The predicted molar refractivity (Wildman–Crippen MR) is 53.6 cm³/mol. The third-order valence-electron chi connectivity index (χ3n) is 4.13. The molecule has 0 aromatic heterocycles. The molecule has 1 heterocycles. The highest BCUT2D eigenvalue weighted by molar-refractivity contribution is 5.80. The standard InChI is InChI=1S/C11H18N2O/c12-11(9-4-5-9)6-13(7-11)10(14)8-2-1-3-8/h8-9H,1-7,12H2. The van der Waals surface area contributed by atoms with Gasteiger partial charge in [0, 0.05) is 19.0 Å². The van der Waals surface area contributed by atoms with E-state index in [0.29, 0.717) is 17.7 Å². The van der Waals surface area contributed by atoms with Crippen LogP contribution in [0.4, 0.5) is 0 Å². The lowest BCUT2D eigenvalue weighted by Gasteiger charge is -2.50. The number of rotatable bonds is 2. The topological polar surface area (TPSA) is 46.3 Å². The Hall–Kier alpha value is -0.570. The molecule has 78 valence electrons. The Morgan fingerprint density at radius 3 is 2.29 bits per heavy atom. The second-order valence-electron chi connectivity index (χ2n) is 5.33. The molecule has 0 radical (unpaired) electrons. The number of carbonyl (C=O) groups excluding carboxylic acids is 1. The van der Waals surface area contributed by atoms with Crippen LogP contribution in [0, 0.1) is 11.8 Å². The van der Waals surface area contributed by atoms with E-state index in [1.54, 1.807) is 0 Å². The molecule has 2 N–H and O–H groups in total. The van der Waals surface area contributed by atoms with Gasteiger partial charge >= 0.3 is 0 Å². The summed E-state index contributed by atoms with van der Waals surface area (Å²) in [5.41, 5.74) is 6.20. The number of nitrogens with zero attached hydrogens (tertiary/aromatic N) is 1. The number of amides is 1. The van der Waals surface area contributed by atoms with Crippen LogP contribution in [-0.2, 0) is 4.79 Å². The number of hydrogen-bond donors (Lipinski definition) is 1. The zero-order valence-electron chi connectivity index (χ0n) is 8.54. The summed E-state index contributed by atoms with van der Waals surface area (Å²) >= 11 is 0. The smallest absolute Gasteiger partial charge is 0.225 e. The van der Waals surface area contributed by atoms with Crippen LogP contribution < -0.4 is 5.73 Å². The third-order valence-corrected chi connectivity index (χ3v) is 4.13. The van der Waals surface area contributed by atoms with Gasteiger partial charge in [-0.1, -0.05) is 6.42 Å². The van der Waals surface area contributed by atoms with Crippen molar-refractivity contribution >= 4 is 5.91 Å². The van der Waals surface area contributed by atoms with E-state index >= 15 is 0 Å². The van der Waals surface area contributed by atoms with Gasteiger partial charge in [-0.05, 0) is 31.6 Å². The summed E-state index contributed by atoms with van der Waals surface area (Å²) in [6.07, 6.45) is 6.01. The Morgan fingerprint density at radius 2 is 1.86 bits per heavy atom. The summed E-state index contributed by atoms with van der Waals surface area (Å²) < 4.78 is 0. The lowest BCUT2D eigenvalue weighted by atomic mass is 9.80. The molecule has 1 amide bonds. The second kappa shape index (κ2) is 2.72. The first kappa shape index (κ1) is 8.72. The number of likely N-dealkylation sites (tertiary alicyclic amines) is 1. The molecule has 14 heavy (non-hydrogen) atoms. The number of carbonyl (C=O) groups is 1. The molecule has 2 aliphatic carbocycles. The molecule has 3 aliphatic rings. The first-order valence-electron chi connectivity index (χ1n) is 5.77. The summed E-state index contributed by atoms with van der Waals surface area (Å²) in [6.45, 7) is 1.65. The fraction of sp³-hybridized carbons (Fsp3) is 0.909. The molecule has 0 aromatic rings. The summed E-state index contributed by atoms with van der Waals surface area (Å²) in [7, 11) is 0. The molecule has 0 atom stereocenters. The van der Waals surface area contributed by atoms with E-state index < -0.39 is 0 Å². The molecule has 3 rings (SSSR count). The Kier molecular flexibility index (Phi) is 1.69. The number of hydrogen-bond acceptors (Lipinski definition) is 2. The van der Waals surface area contributed by atoms with E-state index in [4.69, 9.17) is 5.73 Å². The van der Waals surface area contributed by atoms with E-state index in [-0.39, 0.29) is 5.54 Å². The van der Waals surface area contributed by atoms with Gasteiger partial charge in [-0.25, -0.2) is 0 Å². The van der Waals surface area contributed by atoms with E-state index in [1.165, 1.54) is 19.3 Å². The monoisotopic (exact) mass is 194 g/mol. The van der Waals surface area contributed by atoms with E-state index in [0.717, 1.165) is 25.9 Å². The average Bonchev–Trinajstić information content (AvgIpc) is 2.76. The first-order valence-corrected chi connectivity index (χ1v) is 5.77. The van der Waals surface area contributed by atoms with Crippen molar-refractivity contribution < 1.29 is 4.79 Å². The van der Waals surface area contributed by atoms with Crippen LogP contribution >= 0.6 is 0 Å². The zero-order chi connectivity index (χ0) is 9.76. The van der Waals surface area contributed by atoms with E-state index in [1.807, 2.05) is 4.90 Å². The quantitative estimate of drug-likeness (QED) is 0.704. The average molecular weight is 194 g/mol. The molecule has 3 nitrogen and oxygen atoms in total. The van der Waals surface area contributed by atoms with Gasteiger partial charge in [0.1, 0.15) is 0 Å². The van der Waals surface area contributed by atoms with Crippen LogP contribution in [0.2, 0.25) is 0 Å². The van der Waals surface area contributed by atoms with Gasteiger partial charge in [0.15, 0.2) is 0 Å². The summed E-state index contributed by atoms with van der Waals surface area (Å²) in [4.78, 5) is 13.8. The summed E-state index contributed by atoms with van der Waals surface area (Å²) in [5, 5.41) is 0. The molecule has 3 heteroatoms. The molecule has 0 aromatic carbocycles. The van der Waals surface area contributed by atoms with Gasteiger partial charge in [-0.3, -0.25) is 4.79 Å². The van der Waals surface area contributed by atoms with Crippen LogP contribution in [0.15, 0.2) is 0 Å². The van der Waals surface area contributed by atoms with E-state index in [2.05, 4.69) is 0 Å². The van der Waals surface area contributed by atoms with Crippen molar-refractivity contribution in [3.05, 3.63) is 0 Å². The first-order chi connectivity index (χ1) is 6.69. The highest BCUT2D eigenvalue weighted by Gasteiger charge is 2.52. The highest BCUT2D eigenvalue weighted by atomic mass is 16.2. The maximum absolute atomic E-state index is 11.8. The molecule has 3 fully saturated rings. The molecule has 0 unspecified atom stereocenters. The van der Waals surface area contributed by atoms with E-state index in [9.17, 15) is 4.79 Å². The predicted octanol–water partition coefficient (Wildman–Crippen LogP) is 0.736. The van der Waals surface area contributed by atoms with Crippen molar-refractivity contribution in [1.82, 2.24) is 4.90 Å². The minimum Gasteiger partial charge on any atom is -0.339 e. The Labute approximate surface area is 84.6 Å². The van der Waals surface area contributed by atoms with Gasteiger partial charge in [-0.15, -0.1) is 0 Å². The van der Waals surface area contributed by atoms with Crippen LogP contribution in [0.25, 0.3) is 0 Å². The largest absolute Gasteiger partial charge is 0.339 e. The molecular weight excluding hydrogens is 176 g/mol. The third kappa shape index (κ3) is 1.18. The van der Waals surface area contributed by atoms with Gasteiger partial charge in [-0.2, -0.15) is 0 Å². The van der Waals surface area contributed by atoms with Crippen molar-refractivity contribution in [3.8, 4) is 0 Å². The number of nitrogens with two attached hydrogens (primary N) is 1. The van der Waals surface area contributed by atoms with Crippen molar-refractivity contribution in [2.24, 2.45) is 17.6 Å². The maximum Gasteiger partial charge on any atom is 0.225 e. The SMILES string of the molecule is NC1(C2CC2)CN(C(=O)C2CCC2)C1. The van der Waals surface area contributed by atoms with Crippen molar-refractivity contribution in [2.75, 3.05) is 13.1 Å². The van der Waals surface area contributed by atoms with Crippen LogP contribution in [0.3, 0.4) is 0 Å². The minimum absolute atomic E-state index is 0.000588. The molecule has 0 bridgehead atoms. The van der Waals surface area contributed by atoms with Gasteiger partial charge in [0.05, 0.1) is 5.54 Å². The maximum atomic E-state index is 11.8. The van der Waals surface area contributed by atoms with Crippen molar-refractivity contribution in [3.63, 3.8) is 0 Å². The highest BCUT2D eigenvalue weighted by Crippen LogP contribution is 2.44. The minimum atomic E-state index is -0.000588. The molecule has 1 saturated heterocycles. The van der Waals surface area contributed by atoms with Crippen molar-refractivity contribution in [1.29, 1.82) is 0 Å². The normalized spacial score (nSPS) is 30.8. The Balaban J connectivity index is 1.55. The van der Waals surface area contributed by atoms with Crippen LogP contribution in [0.5, 0.6) is 0 Å². The summed E-state index contributed by atoms with van der Waals surface area (Å²) in [6, 6.07) is 0.